The van der Waals surface area contributed by atoms with Crippen molar-refractivity contribution >= 4 is 25.4 Å². The van der Waals surface area contributed by atoms with E-state index >= 15 is 0 Å². The van der Waals surface area contributed by atoms with E-state index in [1.165, 1.54) is 11.6 Å². The summed E-state index contributed by atoms with van der Waals surface area (Å²) in [5.41, 5.74) is 3.63. The maximum atomic E-state index is 10.9. The fourth-order valence-electron chi connectivity index (χ4n) is 3.80. The van der Waals surface area contributed by atoms with Gasteiger partial charge in [0.05, 0.1) is 11.0 Å². The second-order valence-corrected chi connectivity index (χ2v) is 16.3. The van der Waals surface area contributed by atoms with Gasteiger partial charge in [0.25, 0.3) is 0 Å². The molecule has 0 radical (unpaired) electrons. The molecule has 1 aliphatic rings. The lowest BCUT2D eigenvalue weighted by Crippen LogP contribution is -2.27. The molecule has 0 spiro atoms. The van der Waals surface area contributed by atoms with Gasteiger partial charge >= 0.3 is 0 Å². The molecule has 1 saturated carbocycles. The summed E-state index contributed by atoms with van der Waals surface area (Å²) >= 11 is 0. The van der Waals surface area contributed by atoms with Crippen LogP contribution < -0.4 is 0 Å². The SMILES string of the molecule is CC(C)(C)c1ccc2c(c1)nc(CC1CC(C=O)C1)n2COCC[Si](C)(C)C. The third kappa shape index (κ3) is 5.12. The molecule has 3 rings (SSSR count). The number of aldehydes is 1. The average Bonchev–Trinajstić information content (AvgIpc) is 2.89. The number of aromatic nitrogens is 2. The molecule has 0 aliphatic heterocycles. The summed E-state index contributed by atoms with van der Waals surface area (Å²) in [7, 11) is -1.09. The van der Waals surface area contributed by atoms with E-state index in [9.17, 15) is 4.79 Å². The summed E-state index contributed by atoms with van der Waals surface area (Å²) in [4.78, 5) is 15.9. The van der Waals surface area contributed by atoms with Gasteiger partial charge in [-0.05, 0) is 47.9 Å². The van der Waals surface area contributed by atoms with Crippen LogP contribution in [-0.2, 0) is 28.1 Å². The van der Waals surface area contributed by atoms with Crippen LogP contribution in [0, 0.1) is 11.8 Å². The van der Waals surface area contributed by atoms with Crippen molar-refractivity contribution in [1.82, 2.24) is 9.55 Å². The molecule has 0 saturated heterocycles. The van der Waals surface area contributed by atoms with Gasteiger partial charge < -0.3 is 14.1 Å². The van der Waals surface area contributed by atoms with Crippen LogP contribution in [0.4, 0.5) is 0 Å². The molecular weight excluding hydrogens is 364 g/mol. The Kier molecular flexibility index (Phi) is 6.16. The zero-order chi connectivity index (χ0) is 20.5. The summed E-state index contributed by atoms with van der Waals surface area (Å²) < 4.78 is 8.33. The van der Waals surface area contributed by atoms with Crippen molar-refractivity contribution < 1.29 is 9.53 Å². The molecule has 154 valence electrons. The second-order valence-electron chi connectivity index (χ2n) is 10.7. The molecular formula is C23H36N2O2Si. The highest BCUT2D eigenvalue weighted by atomic mass is 28.3. The van der Waals surface area contributed by atoms with Gasteiger partial charge in [-0.2, -0.15) is 0 Å². The normalized spacial score (nSPS) is 20.4. The van der Waals surface area contributed by atoms with E-state index in [2.05, 4.69) is 63.2 Å². The first-order valence-corrected chi connectivity index (χ1v) is 14.3. The van der Waals surface area contributed by atoms with Crippen LogP contribution in [0.5, 0.6) is 0 Å². The minimum Gasteiger partial charge on any atom is -0.361 e. The van der Waals surface area contributed by atoms with Crippen molar-refractivity contribution in [2.75, 3.05) is 6.61 Å². The molecule has 1 aliphatic carbocycles. The fourth-order valence-corrected chi connectivity index (χ4v) is 4.56. The Hall–Kier alpha value is -1.46. The smallest absolute Gasteiger partial charge is 0.124 e. The lowest BCUT2D eigenvalue weighted by atomic mass is 9.74. The molecule has 1 fully saturated rings. The lowest BCUT2D eigenvalue weighted by Gasteiger charge is -2.31. The number of ether oxygens (including phenoxy) is 1. The third-order valence-corrected chi connectivity index (χ3v) is 7.55. The van der Waals surface area contributed by atoms with Gasteiger partial charge in [0.2, 0.25) is 0 Å². The Morgan fingerprint density at radius 3 is 2.57 bits per heavy atom. The van der Waals surface area contributed by atoms with Gasteiger partial charge in [0, 0.05) is 27.0 Å². The molecule has 2 aromatic rings. The second kappa shape index (κ2) is 8.11. The van der Waals surface area contributed by atoms with E-state index < -0.39 is 8.07 Å². The van der Waals surface area contributed by atoms with Crippen molar-refractivity contribution in [3.8, 4) is 0 Å². The first kappa shape index (κ1) is 21.3. The Morgan fingerprint density at radius 1 is 1.25 bits per heavy atom. The minimum atomic E-state index is -1.09. The molecule has 1 aromatic carbocycles. The maximum Gasteiger partial charge on any atom is 0.124 e. The van der Waals surface area contributed by atoms with E-state index in [1.807, 2.05) is 0 Å². The summed E-state index contributed by atoms with van der Waals surface area (Å²) in [6.07, 6.45) is 4.03. The molecule has 0 unspecified atom stereocenters. The first-order valence-electron chi connectivity index (χ1n) is 10.6. The van der Waals surface area contributed by atoms with Crippen LogP contribution in [0.25, 0.3) is 11.0 Å². The quantitative estimate of drug-likeness (QED) is 0.338. The van der Waals surface area contributed by atoms with E-state index in [-0.39, 0.29) is 11.3 Å². The minimum absolute atomic E-state index is 0.108. The van der Waals surface area contributed by atoms with Gasteiger partial charge in [0.1, 0.15) is 18.8 Å². The monoisotopic (exact) mass is 400 g/mol. The molecule has 0 bridgehead atoms. The third-order valence-electron chi connectivity index (χ3n) is 5.85. The number of imidazole rings is 1. The topological polar surface area (TPSA) is 44.1 Å². The molecule has 1 aromatic heterocycles. The van der Waals surface area contributed by atoms with Crippen molar-refractivity contribution in [1.29, 1.82) is 0 Å². The van der Waals surface area contributed by atoms with Crippen LogP contribution >= 0.6 is 0 Å². The summed E-state index contributed by atoms with van der Waals surface area (Å²) in [5.74, 6) is 1.92. The molecule has 0 N–H and O–H groups in total. The summed E-state index contributed by atoms with van der Waals surface area (Å²) in [6.45, 7) is 15.2. The molecule has 28 heavy (non-hydrogen) atoms. The summed E-state index contributed by atoms with van der Waals surface area (Å²) in [5, 5.41) is 0. The maximum absolute atomic E-state index is 10.9. The highest BCUT2D eigenvalue weighted by molar-refractivity contribution is 6.76. The number of benzene rings is 1. The lowest BCUT2D eigenvalue weighted by molar-refractivity contribution is -0.114. The first-order chi connectivity index (χ1) is 13.1. The zero-order valence-corrected chi connectivity index (χ0v) is 19.4. The highest BCUT2D eigenvalue weighted by Gasteiger charge is 2.30. The van der Waals surface area contributed by atoms with Crippen LogP contribution in [0.1, 0.15) is 45.0 Å². The van der Waals surface area contributed by atoms with Crippen molar-refractivity contribution in [2.24, 2.45) is 11.8 Å². The fraction of sp³-hybridized carbons (Fsp3) is 0.652. The largest absolute Gasteiger partial charge is 0.361 e. The van der Waals surface area contributed by atoms with Crippen molar-refractivity contribution in [3.05, 3.63) is 29.6 Å². The van der Waals surface area contributed by atoms with Crippen LogP contribution in [0.15, 0.2) is 18.2 Å². The number of hydrogen-bond acceptors (Lipinski definition) is 3. The number of carbonyl (C=O) groups excluding carboxylic acids is 1. The Labute approximate surface area is 170 Å². The van der Waals surface area contributed by atoms with Crippen LogP contribution in [-0.4, -0.2) is 30.5 Å². The number of fused-ring (bicyclic) bond motifs is 1. The highest BCUT2D eigenvalue weighted by Crippen LogP contribution is 2.35. The Balaban J connectivity index is 1.82. The van der Waals surface area contributed by atoms with E-state index in [0.29, 0.717) is 12.6 Å². The molecule has 0 amide bonds. The van der Waals surface area contributed by atoms with Gasteiger partial charge in [-0.1, -0.05) is 46.5 Å². The molecule has 4 nitrogen and oxygen atoms in total. The van der Waals surface area contributed by atoms with Crippen molar-refractivity contribution in [3.63, 3.8) is 0 Å². The van der Waals surface area contributed by atoms with Crippen LogP contribution in [0.3, 0.4) is 0 Å². The van der Waals surface area contributed by atoms with Gasteiger partial charge in [-0.25, -0.2) is 4.98 Å². The number of carbonyl (C=O) groups is 1. The predicted molar refractivity (Wildman–Crippen MR) is 119 cm³/mol. The Bertz CT molecular complexity index is 823. The standard InChI is InChI=1S/C23H36N2O2Si/c1-23(2,3)19-7-8-21-20(14-19)24-22(13-17-11-18(12-17)15-26)25(21)16-27-9-10-28(4,5)6/h7-8,14-15,17-18H,9-13,16H2,1-6H3. The van der Waals surface area contributed by atoms with E-state index in [0.717, 1.165) is 49.0 Å². The van der Waals surface area contributed by atoms with E-state index in [1.54, 1.807) is 0 Å². The molecule has 5 heteroatoms. The molecule has 1 heterocycles. The number of nitrogens with zero attached hydrogens (tertiary/aromatic N) is 2. The Morgan fingerprint density at radius 2 is 1.96 bits per heavy atom. The number of hydrogen-bond donors (Lipinski definition) is 0. The van der Waals surface area contributed by atoms with Gasteiger partial charge in [-0.3, -0.25) is 0 Å². The zero-order valence-electron chi connectivity index (χ0n) is 18.4. The average molecular weight is 401 g/mol. The number of rotatable bonds is 8. The summed E-state index contributed by atoms with van der Waals surface area (Å²) in [6, 6.07) is 7.82. The predicted octanol–water partition coefficient (Wildman–Crippen LogP) is 5.41. The molecule has 0 atom stereocenters. The van der Waals surface area contributed by atoms with Crippen molar-refractivity contribution in [2.45, 2.75) is 77.9 Å². The van der Waals surface area contributed by atoms with E-state index in [4.69, 9.17) is 9.72 Å². The van der Waals surface area contributed by atoms with Crippen LogP contribution in [0.2, 0.25) is 25.7 Å². The van der Waals surface area contributed by atoms with Gasteiger partial charge in [-0.15, -0.1) is 0 Å². The van der Waals surface area contributed by atoms with Gasteiger partial charge in [0.15, 0.2) is 0 Å².